The zero-order valence-corrected chi connectivity index (χ0v) is 74.7. The number of hydrogen-bond acceptors (Lipinski definition) is 21. The number of carbonyl (C=O) groups is 8. The Morgan fingerprint density at radius 1 is 0.567 bits per heavy atom. The predicted molar refractivity (Wildman–Crippen MR) is 459 cm³/mol. The molecule has 0 bridgehead atoms. The fourth-order valence-electron chi connectivity index (χ4n) is 14.3. The lowest BCUT2D eigenvalue weighted by molar-refractivity contribution is -0.134. The highest BCUT2D eigenvalue weighted by molar-refractivity contribution is 7.90. The molecule has 2 aliphatic heterocycles. The highest BCUT2D eigenvalue weighted by Gasteiger charge is 2.38. The third-order valence-electron chi connectivity index (χ3n) is 20.4. The van der Waals surface area contributed by atoms with Gasteiger partial charge in [-0.1, -0.05) is 44.2 Å². The molecule has 662 valence electrons. The minimum atomic E-state index is -4.37. The highest BCUT2D eigenvalue weighted by Crippen LogP contribution is 2.44. The van der Waals surface area contributed by atoms with Crippen LogP contribution >= 0.6 is 0 Å². The normalized spacial score (nSPS) is 15.4. The summed E-state index contributed by atoms with van der Waals surface area (Å²) in [5.74, 6) is -4.93. The van der Waals surface area contributed by atoms with Crippen LogP contribution in [0.25, 0.3) is 10.9 Å². The zero-order chi connectivity index (χ0) is 89.2. The molecule has 7 rings (SSSR count). The van der Waals surface area contributed by atoms with Crippen molar-refractivity contribution in [2.24, 2.45) is 33.1 Å². The lowest BCUT2D eigenvalue weighted by Crippen LogP contribution is -2.58. The van der Waals surface area contributed by atoms with Crippen LogP contribution in [-0.2, 0) is 93.5 Å². The van der Waals surface area contributed by atoms with Gasteiger partial charge in [0.05, 0.1) is 48.3 Å². The van der Waals surface area contributed by atoms with E-state index in [4.69, 9.17) is 45.6 Å². The number of amides is 7. The number of hydrogen-bond donors (Lipinski definition) is 12. The molecule has 5 aromatic rings. The van der Waals surface area contributed by atoms with Crippen molar-refractivity contribution < 1.29 is 83.6 Å². The molecule has 0 fully saturated rings. The van der Waals surface area contributed by atoms with E-state index in [2.05, 4.69) is 56.6 Å². The molecule has 35 heteroatoms. The maximum Gasteiger partial charge on any atom is 0.419 e. The van der Waals surface area contributed by atoms with Gasteiger partial charge in [0.15, 0.2) is 0 Å². The fraction of sp³-hybridized carbons (Fsp3) is 0.576. The summed E-state index contributed by atoms with van der Waals surface area (Å²) in [6.07, 6.45) is 2.46. The van der Waals surface area contributed by atoms with Crippen LogP contribution in [0.15, 0.2) is 74.5 Å². The van der Waals surface area contributed by atoms with Crippen molar-refractivity contribution in [2.75, 3.05) is 59.2 Å². The average Bonchev–Trinajstić information content (AvgIpc) is 1.10. The summed E-state index contributed by atoms with van der Waals surface area (Å²) < 4.78 is 98.5. The largest absolute Gasteiger partial charge is 0.488 e. The summed E-state index contributed by atoms with van der Waals surface area (Å²) in [7, 11) is -8.70. The summed E-state index contributed by atoms with van der Waals surface area (Å²) in [6, 6.07) is 6.60. The molecule has 7 amide bonds. The monoisotopic (exact) mass is 1710 g/mol. The van der Waals surface area contributed by atoms with Crippen LogP contribution in [-0.4, -0.2) is 193 Å². The van der Waals surface area contributed by atoms with Gasteiger partial charge in [0.2, 0.25) is 53.3 Å². The number of ether oxygens (including phenoxy) is 6. The number of rotatable bonds is 39. The number of fused-ring (bicyclic) bond motifs is 3. The molecule has 0 saturated carbocycles. The quantitative estimate of drug-likeness (QED) is 0.0116. The van der Waals surface area contributed by atoms with E-state index in [-0.39, 0.29) is 100 Å². The van der Waals surface area contributed by atoms with Crippen molar-refractivity contribution in [2.45, 2.75) is 265 Å². The number of aromatic nitrogens is 1. The first-order valence-electron chi connectivity index (χ1n) is 40.8. The number of nitrogens with zero attached hydrogens (tertiary/aromatic N) is 3. The summed E-state index contributed by atoms with van der Waals surface area (Å²) in [5, 5.41) is 19.6. The summed E-state index contributed by atoms with van der Waals surface area (Å²) in [5.41, 5.74) is 21.9. The van der Waals surface area contributed by atoms with E-state index in [0.29, 0.717) is 111 Å². The summed E-state index contributed by atoms with van der Waals surface area (Å²) in [6.45, 7) is 34.1. The molecule has 0 aliphatic carbocycles. The van der Waals surface area contributed by atoms with Gasteiger partial charge in [0.1, 0.15) is 69.9 Å². The number of nitrogens with one attached hydrogen (secondary N) is 9. The number of para-hydroxylation sites is 1. The number of benzene rings is 4. The first-order valence-corrected chi connectivity index (χ1v) is 43.8. The van der Waals surface area contributed by atoms with Crippen molar-refractivity contribution >= 4 is 90.3 Å². The van der Waals surface area contributed by atoms with E-state index < -0.39 is 139 Å². The molecule has 4 aromatic carbocycles. The van der Waals surface area contributed by atoms with Gasteiger partial charge in [-0.3, -0.25) is 48.1 Å². The van der Waals surface area contributed by atoms with Crippen LogP contribution < -0.4 is 78.1 Å². The molecule has 2 aliphatic rings. The van der Waals surface area contributed by atoms with E-state index in [1.54, 1.807) is 111 Å². The number of carbonyl (C=O) groups excluding carboxylic acids is 8. The second-order valence-electron chi connectivity index (χ2n) is 34.3. The van der Waals surface area contributed by atoms with Crippen LogP contribution in [0.4, 0.5) is 4.79 Å². The van der Waals surface area contributed by atoms with E-state index >= 15 is 9.59 Å². The van der Waals surface area contributed by atoms with E-state index in [9.17, 15) is 45.6 Å². The molecule has 0 spiro atoms. The molecule has 3 heterocycles. The smallest absolute Gasteiger partial charge is 0.419 e. The number of nitrogens with two attached hydrogens (primary N) is 3. The molecule has 0 radical (unpaired) electrons. The van der Waals surface area contributed by atoms with Crippen LogP contribution in [0.2, 0.25) is 0 Å². The average molecular weight is 1710 g/mol. The Kier molecular flexibility index (Phi) is 33.9. The Bertz CT molecular complexity index is 4830. The SMILES string of the molecule is CC(=O)NC(Cc1cn(C(=O)OC(C)(C)C)c2ccccc12)C(=O)NC(Cc1ccc(OC(C)(C)C)cc1)C(=O)NC(CCCN=C(N)NS(=O)(=O)c1c(C)c(C)c2c(c1C)CCC(C)(C)O2)C(=O)NCC(=O)NC(CCCN=C(N)NS(=O)(=O)c1c(C)c(C)c2c(c1C)CCC(C)(C)O2)C(=O)NC(CC(C)C)C(=O)NCCOCCOCCN. The van der Waals surface area contributed by atoms with E-state index in [1.807, 2.05) is 62.3 Å². The summed E-state index contributed by atoms with van der Waals surface area (Å²) in [4.78, 5) is 124. The first kappa shape index (κ1) is 97.0. The van der Waals surface area contributed by atoms with Crippen molar-refractivity contribution in [3.8, 4) is 17.2 Å². The predicted octanol–water partition coefficient (Wildman–Crippen LogP) is 6.31. The Morgan fingerprint density at radius 2 is 1.04 bits per heavy atom. The molecule has 120 heavy (non-hydrogen) atoms. The molecule has 15 N–H and O–H groups in total. The van der Waals surface area contributed by atoms with E-state index in [1.165, 1.54) is 17.7 Å². The van der Waals surface area contributed by atoms with Crippen molar-refractivity contribution in [1.82, 2.24) is 51.2 Å². The lowest BCUT2D eigenvalue weighted by atomic mass is 9.88. The minimum absolute atomic E-state index is 0.0101. The third kappa shape index (κ3) is 28.0. The van der Waals surface area contributed by atoms with Gasteiger partial charge >= 0.3 is 6.09 Å². The zero-order valence-electron chi connectivity index (χ0n) is 73.0. The van der Waals surface area contributed by atoms with Gasteiger partial charge in [-0.05, 0) is 248 Å². The second-order valence-corrected chi connectivity index (χ2v) is 37.5. The minimum Gasteiger partial charge on any atom is -0.488 e. The molecule has 5 unspecified atom stereocenters. The molecule has 0 saturated heterocycles. The lowest BCUT2D eigenvalue weighted by Gasteiger charge is -2.35. The van der Waals surface area contributed by atoms with Crippen LogP contribution in [0.3, 0.4) is 0 Å². The van der Waals surface area contributed by atoms with Crippen LogP contribution in [0.5, 0.6) is 17.2 Å². The fourth-order valence-corrected chi connectivity index (χ4v) is 17.4. The third-order valence-corrected chi connectivity index (χ3v) is 23.6. The van der Waals surface area contributed by atoms with Gasteiger partial charge < -0.3 is 82.8 Å². The maximum atomic E-state index is 15.3. The molecular formula is C85H127N15O18S2. The second kappa shape index (κ2) is 41.9. The Morgan fingerprint density at radius 3 is 1.54 bits per heavy atom. The number of aliphatic imine (C=N–C) groups is 2. The van der Waals surface area contributed by atoms with Crippen LogP contribution in [0, 0.1) is 47.5 Å². The Hall–Kier alpha value is -10.1. The van der Waals surface area contributed by atoms with Crippen LogP contribution in [0.1, 0.15) is 191 Å². The summed E-state index contributed by atoms with van der Waals surface area (Å²) >= 11 is 0. The topological polar surface area (TPSA) is 476 Å². The first-order chi connectivity index (χ1) is 56.0. The molecular weight excluding hydrogens is 1580 g/mol. The number of sulfonamides is 2. The Labute approximate surface area is 705 Å². The van der Waals surface area contributed by atoms with E-state index in [0.717, 1.165) is 11.1 Å². The standard InChI is InChI=1S/C85H127N15O18S2/c1-49(2)44-65(75(104)89-39-41-114-43-42-113-40-36-86)96-76(105)64(26-23-38-91-80(88)99-120(111,112)73-53(6)51(4)71-61(55(73)8)33-35-85(18,19)117-71)94-69(102)47-92-74(103)63(25-22-37-90-79(87)98-119(109,110)72-52(5)50(3)70-60(54(72)7)32-34-84(16,17)116-70)95-77(106)66(45-57-28-30-59(31-29-57)115-82(10,11)12)97-78(107)67(93-56(9)101)46-58-48-100(81(108)118-83(13,14)15)68-27-21-20-24-62(58)68/h20-21,24,27-31,48-49,63-67H,22-23,25-26,32-47,86H2,1-19H3,(H,89,104)(H,92,103)(H,93,101)(H,94,102)(H,95,106)(H,96,105)(H,97,107)(H3,87,90,98)(H3,88,91,99). The Balaban J connectivity index is 1.19. The molecule has 33 nitrogen and oxygen atoms in total. The van der Waals surface area contributed by atoms with Crippen molar-refractivity contribution in [1.29, 1.82) is 0 Å². The van der Waals surface area contributed by atoms with Gasteiger partial charge in [-0.2, -0.15) is 0 Å². The molecule has 5 atom stereocenters. The van der Waals surface area contributed by atoms with Gasteiger partial charge in [-0.15, -0.1) is 0 Å². The van der Waals surface area contributed by atoms with Gasteiger partial charge in [-0.25, -0.2) is 31.1 Å². The molecule has 1 aromatic heterocycles. The van der Waals surface area contributed by atoms with Gasteiger partial charge in [0, 0.05) is 57.5 Å². The van der Waals surface area contributed by atoms with Crippen molar-refractivity contribution in [3.63, 3.8) is 0 Å². The maximum absolute atomic E-state index is 15.3. The number of guanidine groups is 2. The highest BCUT2D eigenvalue weighted by atomic mass is 32.2. The van der Waals surface area contributed by atoms with Crippen molar-refractivity contribution in [3.05, 3.63) is 110 Å². The van der Waals surface area contributed by atoms with Gasteiger partial charge in [0.25, 0.3) is 20.0 Å².